The van der Waals surface area contributed by atoms with Gasteiger partial charge in [-0.15, -0.1) is 0 Å². The highest BCUT2D eigenvalue weighted by molar-refractivity contribution is 6.06. The average molecular weight is 409 g/mol. The number of methoxy groups -OCH3 is 1. The van der Waals surface area contributed by atoms with Gasteiger partial charge in [0.1, 0.15) is 11.4 Å². The van der Waals surface area contributed by atoms with Crippen LogP contribution in [0.1, 0.15) is 36.2 Å². The lowest BCUT2D eigenvalue weighted by Gasteiger charge is -2.22. The molecule has 2 aromatic carbocycles. The third-order valence-electron chi connectivity index (χ3n) is 4.25. The van der Waals surface area contributed by atoms with E-state index in [0.717, 1.165) is 0 Å². The molecule has 0 aliphatic rings. The highest BCUT2D eigenvalue weighted by atomic mass is 16.5. The molecule has 0 bridgehead atoms. The normalized spacial score (nSPS) is 12.2. The van der Waals surface area contributed by atoms with Gasteiger partial charge in [-0.2, -0.15) is 0 Å². The molecule has 0 aliphatic carbocycles. The summed E-state index contributed by atoms with van der Waals surface area (Å²) in [5.41, 5.74) is 0.914. The number of carbonyl (C=O) groups excluding carboxylic acids is 3. The number of carboxylic acids is 1. The Morgan fingerprint density at radius 1 is 1.03 bits per heavy atom. The summed E-state index contributed by atoms with van der Waals surface area (Å²) in [5, 5.41) is 16.4. The lowest BCUT2D eigenvalue weighted by Crippen LogP contribution is -2.50. The zero-order chi connectivity index (χ0) is 22.1. The van der Waals surface area contributed by atoms with Gasteiger partial charge in [0.25, 0.3) is 11.8 Å². The zero-order valence-corrected chi connectivity index (χ0v) is 17.2. The molecular formula is C23H25N2O5-. The van der Waals surface area contributed by atoms with Crippen molar-refractivity contribution < 1.29 is 24.2 Å². The highest BCUT2D eigenvalue weighted by Crippen LogP contribution is 2.14. The van der Waals surface area contributed by atoms with Gasteiger partial charge < -0.3 is 25.3 Å². The van der Waals surface area contributed by atoms with E-state index in [4.69, 9.17) is 4.74 Å². The van der Waals surface area contributed by atoms with Crippen molar-refractivity contribution in [1.29, 1.82) is 0 Å². The molecule has 0 spiro atoms. The number of ether oxygens (including phenoxy) is 1. The largest absolute Gasteiger partial charge is 0.548 e. The lowest BCUT2D eigenvalue weighted by atomic mass is 10.0. The van der Waals surface area contributed by atoms with Crippen LogP contribution in [0.4, 0.5) is 0 Å². The van der Waals surface area contributed by atoms with Crippen molar-refractivity contribution in [2.24, 2.45) is 5.92 Å². The third-order valence-corrected chi connectivity index (χ3v) is 4.25. The number of aliphatic carboxylic acids is 1. The van der Waals surface area contributed by atoms with E-state index in [0.29, 0.717) is 16.9 Å². The molecule has 0 radical (unpaired) electrons. The summed E-state index contributed by atoms with van der Waals surface area (Å²) in [6.45, 7) is 3.68. The van der Waals surface area contributed by atoms with E-state index in [2.05, 4.69) is 10.6 Å². The van der Waals surface area contributed by atoms with Crippen LogP contribution in [0.25, 0.3) is 6.08 Å². The molecule has 0 unspecified atom stereocenters. The van der Waals surface area contributed by atoms with Gasteiger partial charge in [-0.1, -0.05) is 44.2 Å². The maximum atomic E-state index is 12.8. The van der Waals surface area contributed by atoms with Crippen LogP contribution >= 0.6 is 0 Å². The van der Waals surface area contributed by atoms with Crippen LogP contribution in [0, 0.1) is 5.92 Å². The quantitative estimate of drug-likeness (QED) is 0.614. The molecule has 158 valence electrons. The predicted molar refractivity (Wildman–Crippen MR) is 111 cm³/mol. The van der Waals surface area contributed by atoms with Crippen LogP contribution in [0.15, 0.2) is 60.3 Å². The van der Waals surface area contributed by atoms with Crippen molar-refractivity contribution in [3.63, 3.8) is 0 Å². The maximum absolute atomic E-state index is 12.8. The van der Waals surface area contributed by atoms with Crippen LogP contribution < -0.4 is 20.5 Å². The van der Waals surface area contributed by atoms with Gasteiger partial charge in [-0.05, 0) is 48.2 Å². The van der Waals surface area contributed by atoms with Crippen LogP contribution in [-0.4, -0.2) is 30.9 Å². The monoisotopic (exact) mass is 409 g/mol. The minimum Gasteiger partial charge on any atom is -0.548 e. The van der Waals surface area contributed by atoms with Crippen molar-refractivity contribution in [1.82, 2.24) is 10.6 Å². The Morgan fingerprint density at radius 2 is 1.67 bits per heavy atom. The lowest BCUT2D eigenvalue weighted by molar-refractivity contribution is -0.308. The molecule has 2 amide bonds. The SMILES string of the molecule is COc1ccc(/C=C(\NC(=O)c2ccccc2)C(=O)N[C@@H](CC(C)C)C(=O)[O-])cc1. The Morgan fingerprint density at radius 3 is 2.20 bits per heavy atom. The van der Waals surface area contributed by atoms with Gasteiger partial charge in [0.15, 0.2) is 0 Å². The van der Waals surface area contributed by atoms with E-state index in [1.807, 2.05) is 13.8 Å². The zero-order valence-electron chi connectivity index (χ0n) is 17.2. The minimum atomic E-state index is -1.38. The summed E-state index contributed by atoms with van der Waals surface area (Å²) >= 11 is 0. The van der Waals surface area contributed by atoms with Crippen molar-refractivity contribution in [3.05, 3.63) is 71.4 Å². The van der Waals surface area contributed by atoms with Crippen molar-refractivity contribution in [3.8, 4) is 5.75 Å². The summed E-state index contributed by atoms with van der Waals surface area (Å²) < 4.78 is 5.12. The van der Waals surface area contributed by atoms with Crippen LogP contribution in [0.5, 0.6) is 5.75 Å². The van der Waals surface area contributed by atoms with E-state index in [9.17, 15) is 19.5 Å². The molecule has 1 atom stereocenters. The molecule has 0 saturated heterocycles. The minimum absolute atomic E-state index is 0.0288. The molecule has 2 N–H and O–H groups in total. The second-order valence-electron chi connectivity index (χ2n) is 7.13. The number of hydrogen-bond acceptors (Lipinski definition) is 5. The Hall–Kier alpha value is -3.61. The first-order valence-corrected chi connectivity index (χ1v) is 9.54. The van der Waals surface area contributed by atoms with Gasteiger partial charge in [0.2, 0.25) is 0 Å². The molecule has 0 aliphatic heterocycles. The summed E-state index contributed by atoms with van der Waals surface area (Å²) in [5.74, 6) is -1.92. The van der Waals surface area contributed by atoms with Gasteiger partial charge in [-0.25, -0.2) is 0 Å². The number of benzene rings is 2. The van der Waals surface area contributed by atoms with E-state index in [-0.39, 0.29) is 18.0 Å². The average Bonchev–Trinajstić information content (AvgIpc) is 2.73. The van der Waals surface area contributed by atoms with Crippen LogP contribution in [0.3, 0.4) is 0 Å². The fourth-order valence-electron chi connectivity index (χ4n) is 2.73. The number of amides is 2. The van der Waals surface area contributed by atoms with Crippen LogP contribution in [0.2, 0.25) is 0 Å². The third kappa shape index (κ3) is 6.77. The highest BCUT2D eigenvalue weighted by Gasteiger charge is 2.20. The molecule has 0 fully saturated rings. The van der Waals surface area contributed by atoms with Gasteiger partial charge in [0.05, 0.1) is 19.1 Å². The Bertz CT molecular complexity index is 905. The molecule has 0 aromatic heterocycles. The van der Waals surface area contributed by atoms with E-state index in [1.54, 1.807) is 61.7 Å². The summed E-state index contributed by atoms with van der Waals surface area (Å²) in [6, 6.07) is 14.1. The number of nitrogens with one attached hydrogen (secondary N) is 2. The van der Waals surface area contributed by atoms with Crippen LogP contribution in [-0.2, 0) is 9.59 Å². The first-order valence-electron chi connectivity index (χ1n) is 9.54. The van der Waals surface area contributed by atoms with Crippen molar-refractivity contribution >= 4 is 23.9 Å². The molecule has 7 nitrogen and oxygen atoms in total. The predicted octanol–water partition coefficient (Wildman–Crippen LogP) is 1.75. The molecular weight excluding hydrogens is 384 g/mol. The fraction of sp³-hybridized carbons (Fsp3) is 0.261. The molecule has 2 rings (SSSR count). The number of hydrogen-bond donors (Lipinski definition) is 2. The molecule has 30 heavy (non-hydrogen) atoms. The Labute approximate surface area is 175 Å². The van der Waals surface area contributed by atoms with Gasteiger partial charge in [-0.3, -0.25) is 9.59 Å². The first kappa shape index (κ1) is 22.7. The molecule has 7 heteroatoms. The van der Waals surface area contributed by atoms with E-state index >= 15 is 0 Å². The second-order valence-corrected chi connectivity index (χ2v) is 7.13. The summed E-state index contributed by atoms with van der Waals surface area (Å²) in [6.07, 6.45) is 1.67. The number of carboxylic acid groups (broad SMARTS) is 1. The molecule has 0 saturated carbocycles. The van der Waals surface area contributed by atoms with Gasteiger partial charge in [0, 0.05) is 5.56 Å². The summed E-state index contributed by atoms with van der Waals surface area (Å²) in [4.78, 5) is 36.8. The standard InChI is InChI=1S/C23H26N2O5/c1-15(2)13-20(23(28)29)25-22(27)19(14-16-9-11-18(30-3)12-10-16)24-21(26)17-7-5-4-6-8-17/h4-12,14-15,20H,13H2,1-3H3,(H,24,26)(H,25,27)(H,28,29)/p-1/b19-14-/t20-/m0/s1. The van der Waals surface area contributed by atoms with Crippen molar-refractivity contribution in [2.45, 2.75) is 26.3 Å². The molecule has 2 aromatic rings. The summed E-state index contributed by atoms with van der Waals surface area (Å²) in [7, 11) is 1.54. The topological polar surface area (TPSA) is 108 Å². The van der Waals surface area contributed by atoms with Crippen molar-refractivity contribution in [2.75, 3.05) is 7.11 Å². The van der Waals surface area contributed by atoms with Gasteiger partial charge >= 0.3 is 0 Å². The first-order chi connectivity index (χ1) is 14.3. The Balaban J connectivity index is 2.31. The second kappa shape index (κ2) is 10.8. The van der Waals surface area contributed by atoms with E-state index < -0.39 is 23.8 Å². The maximum Gasteiger partial charge on any atom is 0.268 e. The smallest absolute Gasteiger partial charge is 0.268 e. The Kier molecular flexibility index (Phi) is 8.17. The number of rotatable bonds is 9. The molecule has 0 heterocycles. The number of carbonyl (C=O) groups is 3. The van der Waals surface area contributed by atoms with E-state index in [1.165, 1.54) is 6.08 Å². The fourth-order valence-corrected chi connectivity index (χ4v) is 2.73.